The van der Waals surface area contributed by atoms with Crippen molar-refractivity contribution in [3.63, 3.8) is 0 Å². The summed E-state index contributed by atoms with van der Waals surface area (Å²) in [5.74, 6) is -1.56. The van der Waals surface area contributed by atoms with E-state index in [0.717, 1.165) is 44.0 Å². The van der Waals surface area contributed by atoms with Crippen LogP contribution in [-0.2, 0) is 0 Å². The van der Waals surface area contributed by atoms with Crippen LogP contribution in [0.1, 0.15) is 36.5 Å². The Balaban J connectivity index is 2.09. The number of nitrogens with zero attached hydrogens (tertiary/aromatic N) is 1. The fourth-order valence-corrected chi connectivity index (χ4v) is 2.55. The zero-order valence-corrected chi connectivity index (χ0v) is 10.5. The quantitative estimate of drug-likeness (QED) is 0.769. The first kappa shape index (κ1) is 13.1. The summed E-state index contributed by atoms with van der Waals surface area (Å²) in [6.45, 7) is 3.12. The molecule has 1 saturated heterocycles. The Morgan fingerprint density at radius 2 is 2.22 bits per heavy atom. The summed E-state index contributed by atoms with van der Waals surface area (Å²) < 4.78 is 26.5. The Kier molecular flexibility index (Phi) is 4.07. The average Bonchev–Trinajstić information content (AvgIpc) is 2.79. The van der Waals surface area contributed by atoms with Gasteiger partial charge in [-0.1, -0.05) is 6.92 Å². The molecule has 1 aliphatic rings. The predicted molar refractivity (Wildman–Crippen MR) is 65.6 cm³/mol. The third-order valence-electron chi connectivity index (χ3n) is 3.55. The van der Waals surface area contributed by atoms with E-state index < -0.39 is 11.6 Å². The second kappa shape index (κ2) is 5.57. The zero-order valence-electron chi connectivity index (χ0n) is 10.5. The van der Waals surface area contributed by atoms with Crippen molar-refractivity contribution >= 4 is 5.78 Å². The van der Waals surface area contributed by atoms with Crippen LogP contribution in [0, 0.1) is 11.6 Å². The van der Waals surface area contributed by atoms with E-state index in [-0.39, 0.29) is 17.9 Å². The molecule has 0 spiro atoms. The van der Waals surface area contributed by atoms with Gasteiger partial charge in [-0.3, -0.25) is 9.69 Å². The smallest absolute Gasteiger partial charge is 0.179 e. The molecule has 0 amide bonds. The Morgan fingerprint density at radius 3 is 2.94 bits per heavy atom. The summed E-state index contributed by atoms with van der Waals surface area (Å²) in [7, 11) is 0. The number of rotatable bonds is 4. The zero-order chi connectivity index (χ0) is 13.1. The highest BCUT2D eigenvalue weighted by molar-refractivity contribution is 5.97. The van der Waals surface area contributed by atoms with Gasteiger partial charge in [-0.25, -0.2) is 8.78 Å². The van der Waals surface area contributed by atoms with Crippen molar-refractivity contribution in [1.29, 1.82) is 0 Å². The molecule has 98 valence electrons. The molecular formula is C14H17F2NO. The number of likely N-dealkylation sites (tertiary alicyclic amines) is 1. The molecule has 0 saturated carbocycles. The van der Waals surface area contributed by atoms with Crippen LogP contribution in [0.2, 0.25) is 0 Å². The number of carbonyl (C=O) groups excluding carboxylic acids is 1. The van der Waals surface area contributed by atoms with Crippen LogP contribution in [0.4, 0.5) is 8.78 Å². The van der Waals surface area contributed by atoms with Gasteiger partial charge in [0, 0.05) is 6.04 Å². The molecule has 1 aromatic carbocycles. The molecule has 1 heterocycles. The van der Waals surface area contributed by atoms with Crippen molar-refractivity contribution in [2.75, 3.05) is 13.1 Å². The topological polar surface area (TPSA) is 20.3 Å². The molecule has 0 aliphatic carbocycles. The van der Waals surface area contributed by atoms with Gasteiger partial charge in [0.15, 0.2) is 5.78 Å². The first-order valence-corrected chi connectivity index (χ1v) is 6.34. The van der Waals surface area contributed by atoms with E-state index in [1.165, 1.54) is 0 Å². The molecule has 2 rings (SSSR count). The van der Waals surface area contributed by atoms with Crippen molar-refractivity contribution in [3.05, 3.63) is 35.4 Å². The minimum absolute atomic E-state index is 0.142. The van der Waals surface area contributed by atoms with Gasteiger partial charge in [-0.15, -0.1) is 0 Å². The summed E-state index contributed by atoms with van der Waals surface area (Å²) in [4.78, 5) is 14.0. The normalized spacial score (nSPS) is 20.3. The SMILES string of the molecule is CCC1CCCN1CC(=O)c1cc(F)ccc1F. The summed E-state index contributed by atoms with van der Waals surface area (Å²) in [6, 6.07) is 3.40. The fourth-order valence-electron chi connectivity index (χ4n) is 2.55. The summed E-state index contributed by atoms with van der Waals surface area (Å²) in [5, 5.41) is 0. The first-order valence-electron chi connectivity index (χ1n) is 6.34. The molecule has 1 atom stereocenters. The lowest BCUT2D eigenvalue weighted by molar-refractivity contribution is 0.0915. The monoisotopic (exact) mass is 253 g/mol. The van der Waals surface area contributed by atoms with Crippen LogP contribution in [-0.4, -0.2) is 29.8 Å². The van der Waals surface area contributed by atoms with Gasteiger partial charge in [0.2, 0.25) is 0 Å². The number of ketones is 1. The highest BCUT2D eigenvalue weighted by Crippen LogP contribution is 2.20. The average molecular weight is 253 g/mol. The van der Waals surface area contributed by atoms with Gasteiger partial charge >= 0.3 is 0 Å². The van der Waals surface area contributed by atoms with Crippen molar-refractivity contribution in [3.8, 4) is 0 Å². The van der Waals surface area contributed by atoms with Crippen LogP contribution >= 0.6 is 0 Å². The van der Waals surface area contributed by atoms with Crippen LogP contribution in [0.15, 0.2) is 18.2 Å². The maximum atomic E-state index is 13.5. The highest BCUT2D eigenvalue weighted by Gasteiger charge is 2.25. The minimum Gasteiger partial charge on any atom is -0.293 e. The lowest BCUT2D eigenvalue weighted by Crippen LogP contribution is -2.34. The van der Waals surface area contributed by atoms with Crippen LogP contribution < -0.4 is 0 Å². The number of carbonyl (C=O) groups is 1. The molecule has 0 bridgehead atoms. The third kappa shape index (κ3) is 2.75. The standard InChI is InChI=1S/C14H17F2NO/c1-2-11-4-3-7-17(11)9-14(18)12-8-10(15)5-6-13(12)16/h5-6,8,11H,2-4,7,9H2,1H3. The first-order chi connectivity index (χ1) is 8.61. The minimum atomic E-state index is -0.645. The van der Waals surface area contributed by atoms with E-state index in [1.54, 1.807) is 0 Å². The van der Waals surface area contributed by atoms with Gasteiger partial charge in [0.05, 0.1) is 12.1 Å². The van der Waals surface area contributed by atoms with Gasteiger partial charge in [0.1, 0.15) is 11.6 Å². The molecule has 1 aliphatic heterocycles. The summed E-state index contributed by atoms with van der Waals surface area (Å²) in [6.07, 6.45) is 3.13. The second-order valence-electron chi connectivity index (χ2n) is 4.72. The Morgan fingerprint density at radius 1 is 1.44 bits per heavy atom. The van der Waals surface area contributed by atoms with E-state index in [0.29, 0.717) is 6.04 Å². The van der Waals surface area contributed by atoms with E-state index in [2.05, 4.69) is 11.8 Å². The van der Waals surface area contributed by atoms with E-state index in [4.69, 9.17) is 0 Å². The van der Waals surface area contributed by atoms with Crippen LogP contribution in [0.5, 0.6) is 0 Å². The molecular weight excluding hydrogens is 236 g/mol. The third-order valence-corrected chi connectivity index (χ3v) is 3.55. The van der Waals surface area contributed by atoms with Crippen molar-refractivity contribution in [2.45, 2.75) is 32.2 Å². The van der Waals surface area contributed by atoms with Gasteiger partial charge < -0.3 is 0 Å². The lowest BCUT2D eigenvalue weighted by atomic mass is 10.1. The van der Waals surface area contributed by atoms with E-state index in [9.17, 15) is 13.6 Å². The maximum absolute atomic E-state index is 13.5. The van der Waals surface area contributed by atoms with Crippen molar-refractivity contribution in [2.24, 2.45) is 0 Å². The number of Topliss-reactive ketones (excluding diaryl/α,β-unsaturated/α-hetero) is 1. The fraction of sp³-hybridized carbons (Fsp3) is 0.500. The predicted octanol–water partition coefficient (Wildman–Crippen LogP) is 3.02. The molecule has 0 N–H and O–H groups in total. The second-order valence-corrected chi connectivity index (χ2v) is 4.72. The lowest BCUT2D eigenvalue weighted by Gasteiger charge is -2.22. The molecule has 4 heteroatoms. The van der Waals surface area contributed by atoms with Crippen molar-refractivity contribution in [1.82, 2.24) is 4.90 Å². The number of halogens is 2. The van der Waals surface area contributed by atoms with Gasteiger partial charge in [-0.2, -0.15) is 0 Å². The van der Waals surface area contributed by atoms with Crippen LogP contribution in [0.25, 0.3) is 0 Å². The Bertz CT molecular complexity index is 447. The molecule has 1 fully saturated rings. The summed E-state index contributed by atoms with van der Waals surface area (Å²) >= 11 is 0. The molecule has 18 heavy (non-hydrogen) atoms. The Labute approximate surface area is 106 Å². The van der Waals surface area contributed by atoms with Crippen LogP contribution in [0.3, 0.4) is 0 Å². The Hall–Kier alpha value is -1.29. The molecule has 1 aromatic rings. The largest absolute Gasteiger partial charge is 0.293 e. The van der Waals surface area contributed by atoms with E-state index in [1.807, 2.05) is 0 Å². The van der Waals surface area contributed by atoms with Crippen molar-refractivity contribution < 1.29 is 13.6 Å². The molecule has 0 aromatic heterocycles. The number of hydrogen-bond acceptors (Lipinski definition) is 2. The molecule has 1 unspecified atom stereocenters. The van der Waals surface area contributed by atoms with Gasteiger partial charge in [-0.05, 0) is 44.0 Å². The maximum Gasteiger partial charge on any atom is 0.179 e. The molecule has 0 radical (unpaired) electrons. The number of hydrogen-bond donors (Lipinski definition) is 0. The van der Waals surface area contributed by atoms with Gasteiger partial charge in [0.25, 0.3) is 0 Å². The van der Waals surface area contributed by atoms with E-state index >= 15 is 0 Å². The summed E-state index contributed by atoms with van der Waals surface area (Å²) in [5.41, 5.74) is -0.142. The highest BCUT2D eigenvalue weighted by atomic mass is 19.1. The molecule has 2 nitrogen and oxygen atoms in total. The number of benzene rings is 1.